The van der Waals surface area contributed by atoms with Gasteiger partial charge in [-0.25, -0.2) is 9.18 Å². The summed E-state index contributed by atoms with van der Waals surface area (Å²) in [5.41, 5.74) is 0.503. The smallest absolute Gasteiger partial charge is 0.333 e. The van der Waals surface area contributed by atoms with E-state index in [0.29, 0.717) is 11.5 Å². The van der Waals surface area contributed by atoms with E-state index >= 15 is 0 Å². The average molecular weight is 404 g/mol. The summed E-state index contributed by atoms with van der Waals surface area (Å²) in [5, 5.41) is 9.67. The predicted molar refractivity (Wildman–Crippen MR) is 113 cm³/mol. The highest BCUT2D eigenvalue weighted by molar-refractivity contribution is 7.99. The molecular weight excluding hydrogens is 373 g/mol. The predicted octanol–water partition coefficient (Wildman–Crippen LogP) is 5.88. The number of halogens is 1. The molecule has 0 bridgehead atoms. The van der Waals surface area contributed by atoms with E-state index in [4.69, 9.17) is 0 Å². The number of thioether (sulfide) groups is 1. The number of carbonyl (C=O) groups is 1. The highest BCUT2D eigenvalue weighted by Crippen LogP contribution is 2.29. The molecule has 1 N–H and O–H groups in total. The number of benzene rings is 1. The minimum atomic E-state index is -0.814. The number of aliphatic carboxylic acids is 1. The average Bonchev–Trinajstić information content (AvgIpc) is 2.96. The Bertz CT molecular complexity index is 693. The molecule has 1 aromatic rings. The van der Waals surface area contributed by atoms with Crippen molar-refractivity contribution in [3.8, 4) is 0 Å². The highest BCUT2D eigenvalue weighted by atomic mass is 32.2. The van der Waals surface area contributed by atoms with E-state index in [-0.39, 0.29) is 11.9 Å². The lowest BCUT2D eigenvalue weighted by Gasteiger charge is -2.36. The molecule has 2 aliphatic rings. The van der Waals surface area contributed by atoms with Crippen molar-refractivity contribution in [3.63, 3.8) is 0 Å². The third kappa shape index (κ3) is 6.13. The van der Waals surface area contributed by atoms with Crippen LogP contribution in [0.1, 0.15) is 51.4 Å². The van der Waals surface area contributed by atoms with Gasteiger partial charge in [-0.3, -0.25) is 0 Å². The summed E-state index contributed by atoms with van der Waals surface area (Å²) in [6.45, 7) is 0.955. The number of hydrogen-bond donors (Lipinski definition) is 1. The van der Waals surface area contributed by atoms with Gasteiger partial charge in [0.1, 0.15) is 5.82 Å². The maximum absolute atomic E-state index is 13.0. The van der Waals surface area contributed by atoms with Crippen LogP contribution in [-0.4, -0.2) is 34.3 Å². The van der Waals surface area contributed by atoms with Gasteiger partial charge < -0.3 is 10.0 Å². The quantitative estimate of drug-likeness (QED) is 0.334. The zero-order valence-electron chi connectivity index (χ0n) is 16.4. The Morgan fingerprint density at radius 2 is 1.86 bits per heavy atom. The van der Waals surface area contributed by atoms with E-state index in [2.05, 4.69) is 11.1 Å². The lowest BCUT2D eigenvalue weighted by atomic mass is 9.94. The Hall–Kier alpha value is -1.75. The van der Waals surface area contributed by atoms with Crippen LogP contribution in [0.25, 0.3) is 0 Å². The van der Waals surface area contributed by atoms with E-state index in [1.165, 1.54) is 50.7 Å². The van der Waals surface area contributed by atoms with Crippen molar-refractivity contribution in [1.29, 1.82) is 0 Å². The summed E-state index contributed by atoms with van der Waals surface area (Å²) >= 11 is 1.70. The Morgan fingerprint density at radius 1 is 1.14 bits per heavy atom. The molecule has 28 heavy (non-hydrogen) atoms. The van der Waals surface area contributed by atoms with Gasteiger partial charge in [0.05, 0.1) is 11.6 Å². The largest absolute Gasteiger partial charge is 0.478 e. The molecule has 0 spiro atoms. The number of allylic oxidation sites excluding steroid dienone is 2. The first-order chi connectivity index (χ1) is 13.6. The van der Waals surface area contributed by atoms with Gasteiger partial charge in [0, 0.05) is 11.4 Å². The second kappa shape index (κ2) is 10.7. The topological polar surface area (TPSA) is 40.5 Å². The van der Waals surface area contributed by atoms with Crippen LogP contribution in [0.15, 0.2) is 53.1 Å². The molecule has 1 unspecified atom stereocenters. The Labute approximate surface area is 171 Å². The number of rotatable bonds is 8. The lowest BCUT2D eigenvalue weighted by molar-refractivity contribution is -0.133. The molecule has 0 saturated heterocycles. The molecule has 0 amide bonds. The molecule has 1 atom stereocenters. The molecule has 1 aromatic carbocycles. The second-order valence-corrected chi connectivity index (χ2v) is 8.95. The van der Waals surface area contributed by atoms with Crippen LogP contribution in [0.4, 0.5) is 4.39 Å². The molecule has 5 heteroatoms. The van der Waals surface area contributed by atoms with Crippen LogP contribution in [0.5, 0.6) is 0 Å². The van der Waals surface area contributed by atoms with Crippen molar-refractivity contribution >= 4 is 17.7 Å². The first-order valence-electron chi connectivity index (χ1n) is 10.4. The minimum absolute atomic E-state index is 0.0560. The van der Waals surface area contributed by atoms with Crippen molar-refractivity contribution in [2.75, 3.05) is 12.3 Å². The number of carboxylic acid groups (broad SMARTS) is 1. The molecular formula is C23H30FNO2S. The highest BCUT2D eigenvalue weighted by Gasteiger charge is 2.28. The van der Waals surface area contributed by atoms with E-state index in [9.17, 15) is 14.3 Å². The fourth-order valence-electron chi connectivity index (χ4n) is 4.22. The van der Waals surface area contributed by atoms with Gasteiger partial charge in [0.15, 0.2) is 0 Å². The van der Waals surface area contributed by atoms with E-state index in [0.717, 1.165) is 30.0 Å². The maximum atomic E-state index is 13.0. The molecule has 1 fully saturated rings. The van der Waals surface area contributed by atoms with Crippen LogP contribution in [0.2, 0.25) is 0 Å². The first-order valence-corrected chi connectivity index (χ1v) is 11.4. The van der Waals surface area contributed by atoms with Crippen molar-refractivity contribution < 1.29 is 14.3 Å². The molecule has 1 heterocycles. The Balaban J connectivity index is 1.56. The zero-order valence-corrected chi connectivity index (χ0v) is 17.2. The second-order valence-electron chi connectivity index (χ2n) is 7.78. The number of carboxylic acids is 1. The van der Waals surface area contributed by atoms with Crippen molar-refractivity contribution in [2.24, 2.45) is 5.92 Å². The van der Waals surface area contributed by atoms with Gasteiger partial charge in [-0.05, 0) is 80.0 Å². The number of nitrogens with zero attached hydrogens (tertiary/aromatic N) is 1. The SMILES string of the molecule is O=C(O)C1=CC=CN(CC2CCCCCC2)C1CCCSc1ccc(F)cc1. The summed E-state index contributed by atoms with van der Waals surface area (Å²) in [4.78, 5) is 15.1. The van der Waals surface area contributed by atoms with E-state index in [1.807, 2.05) is 6.08 Å². The van der Waals surface area contributed by atoms with Crippen LogP contribution < -0.4 is 0 Å². The third-order valence-electron chi connectivity index (χ3n) is 5.71. The van der Waals surface area contributed by atoms with E-state index < -0.39 is 5.97 Å². The molecule has 152 valence electrons. The van der Waals surface area contributed by atoms with Crippen LogP contribution in [0, 0.1) is 11.7 Å². The molecule has 1 aliphatic heterocycles. The lowest BCUT2D eigenvalue weighted by Crippen LogP contribution is -2.39. The van der Waals surface area contributed by atoms with Crippen molar-refractivity contribution in [2.45, 2.75) is 62.3 Å². The van der Waals surface area contributed by atoms with Gasteiger partial charge in [-0.2, -0.15) is 0 Å². The van der Waals surface area contributed by atoms with Crippen molar-refractivity contribution in [1.82, 2.24) is 4.90 Å². The van der Waals surface area contributed by atoms with Crippen LogP contribution >= 0.6 is 11.8 Å². The molecule has 1 aliphatic carbocycles. The van der Waals surface area contributed by atoms with Gasteiger partial charge >= 0.3 is 5.97 Å². The molecule has 1 saturated carbocycles. The Kier molecular flexibility index (Phi) is 8.01. The van der Waals surface area contributed by atoms with Crippen molar-refractivity contribution in [3.05, 3.63) is 54.0 Å². The molecule has 0 radical (unpaired) electrons. The summed E-state index contributed by atoms with van der Waals surface area (Å²) in [6, 6.07) is 6.50. The standard InChI is InChI=1S/C23H30FNO2S/c24-19-11-13-20(14-12-19)28-16-6-10-22-21(23(26)27)9-5-15-25(22)17-18-7-3-1-2-4-8-18/h5,9,11-15,18,22H,1-4,6-8,10,16-17H2,(H,26,27). The number of hydrogen-bond acceptors (Lipinski definition) is 3. The van der Waals surface area contributed by atoms with Gasteiger partial charge in [-0.1, -0.05) is 25.7 Å². The minimum Gasteiger partial charge on any atom is -0.478 e. The van der Waals surface area contributed by atoms with Crippen LogP contribution in [-0.2, 0) is 4.79 Å². The summed E-state index contributed by atoms with van der Waals surface area (Å²) < 4.78 is 13.0. The molecule has 3 rings (SSSR count). The maximum Gasteiger partial charge on any atom is 0.333 e. The summed E-state index contributed by atoms with van der Waals surface area (Å²) in [7, 11) is 0. The normalized spacial score (nSPS) is 20.7. The zero-order chi connectivity index (χ0) is 19.8. The monoisotopic (exact) mass is 403 g/mol. The van der Waals surface area contributed by atoms with Crippen LogP contribution in [0.3, 0.4) is 0 Å². The summed E-state index contributed by atoms with van der Waals surface area (Å²) in [6.07, 6.45) is 15.2. The fourth-order valence-corrected chi connectivity index (χ4v) is 5.09. The Morgan fingerprint density at radius 3 is 2.54 bits per heavy atom. The van der Waals surface area contributed by atoms with Gasteiger partial charge in [-0.15, -0.1) is 11.8 Å². The first kappa shape index (κ1) is 21.0. The molecule has 0 aromatic heterocycles. The third-order valence-corrected chi connectivity index (χ3v) is 6.81. The van der Waals surface area contributed by atoms with E-state index in [1.54, 1.807) is 30.0 Å². The summed E-state index contributed by atoms with van der Waals surface area (Å²) in [5.74, 6) is 0.530. The molecule has 3 nitrogen and oxygen atoms in total. The fraction of sp³-hybridized carbons (Fsp3) is 0.522. The van der Waals surface area contributed by atoms with Gasteiger partial charge in [0.25, 0.3) is 0 Å². The van der Waals surface area contributed by atoms with Gasteiger partial charge in [0.2, 0.25) is 0 Å².